The summed E-state index contributed by atoms with van der Waals surface area (Å²) in [5.41, 5.74) is 0.818. The molecule has 2 atom stereocenters. The molecule has 0 bridgehead atoms. The molecule has 2 aliphatic rings. The number of amides is 2. The van der Waals surface area contributed by atoms with Crippen LogP contribution in [0.15, 0.2) is 17.5 Å². The highest BCUT2D eigenvalue weighted by molar-refractivity contribution is 8.00. The number of aryl methyl sites for hydroxylation is 2. The lowest BCUT2D eigenvalue weighted by Crippen LogP contribution is -2.70. The number of rotatable bonds is 7. The number of nitrogens with zero attached hydrogens (tertiary/aromatic N) is 3. The van der Waals surface area contributed by atoms with E-state index in [1.807, 2.05) is 0 Å². The lowest BCUT2D eigenvalue weighted by molar-refractivity contribution is -0.151. The second kappa shape index (κ2) is 8.46. The number of nitrogens with one attached hydrogen (secondary N) is 1. The average molecular weight is 443 g/mol. The Balaban J connectivity index is 1.61. The molecule has 0 aromatic carbocycles. The van der Waals surface area contributed by atoms with E-state index in [9.17, 15) is 24.3 Å². The first-order valence-corrected chi connectivity index (χ1v) is 10.1. The van der Waals surface area contributed by atoms with Gasteiger partial charge in [-0.1, -0.05) is 11.6 Å². The van der Waals surface area contributed by atoms with Gasteiger partial charge in [-0.2, -0.15) is 5.10 Å². The molecule has 0 radical (unpaired) electrons. The number of carboxylic acid groups (broad SMARTS) is 1. The van der Waals surface area contributed by atoms with E-state index in [0.717, 1.165) is 4.90 Å². The van der Waals surface area contributed by atoms with E-state index in [2.05, 4.69) is 10.4 Å². The van der Waals surface area contributed by atoms with Crippen LogP contribution in [0.25, 0.3) is 0 Å². The number of aromatic nitrogens is 2. The minimum atomic E-state index is -1.28. The zero-order valence-electron chi connectivity index (χ0n) is 15.7. The molecule has 3 heterocycles. The van der Waals surface area contributed by atoms with Crippen LogP contribution in [0.3, 0.4) is 0 Å². The average Bonchev–Trinajstić information content (AvgIpc) is 2.99. The van der Waals surface area contributed by atoms with E-state index in [1.165, 1.54) is 18.7 Å². The first-order valence-electron chi connectivity index (χ1n) is 8.71. The standard InChI is InChI=1S/C17H19ClN4O6S/c1-8-11(18)5-21(20-8)4-3-12(24)19-13-15(25)22-14(17(26)27)10(6-28-9(2)23)7-29-16(13)22/h5,13,16H,3-4,6-7H2,1-2H3,(H,19,24)(H,26,27)/t13-,16-/m1/s1. The third-order valence-corrected chi connectivity index (χ3v) is 6.18. The van der Waals surface area contributed by atoms with E-state index in [-0.39, 0.29) is 30.4 Å². The number of fused-ring (bicyclic) bond motifs is 1. The van der Waals surface area contributed by atoms with Crippen molar-refractivity contribution in [1.29, 1.82) is 0 Å². The molecule has 2 N–H and O–H groups in total. The second-order valence-corrected chi connectivity index (χ2v) is 8.08. The number of β-lactam (4-membered cyclic amide) rings is 1. The summed E-state index contributed by atoms with van der Waals surface area (Å²) in [6.07, 6.45) is 1.71. The minimum Gasteiger partial charge on any atom is -0.477 e. The molecular weight excluding hydrogens is 424 g/mol. The number of aliphatic carboxylic acids is 1. The number of hydrogen-bond donors (Lipinski definition) is 2. The quantitative estimate of drug-likeness (QED) is 0.462. The van der Waals surface area contributed by atoms with Crippen molar-refractivity contribution >= 4 is 47.1 Å². The van der Waals surface area contributed by atoms with E-state index >= 15 is 0 Å². The molecule has 2 aliphatic heterocycles. The predicted molar refractivity (Wildman–Crippen MR) is 103 cm³/mol. The fourth-order valence-corrected chi connectivity index (χ4v) is 4.53. The topological polar surface area (TPSA) is 131 Å². The smallest absolute Gasteiger partial charge is 0.352 e. The first kappa shape index (κ1) is 21.2. The van der Waals surface area contributed by atoms with Crippen LogP contribution < -0.4 is 5.32 Å². The van der Waals surface area contributed by atoms with Crippen molar-refractivity contribution in [3.63, 3.8) is 0 Å². The van der Waals surface area contributed by atoms with Gasteiger partial charge >= 0.3 is 11.9 Å². The molecule has 2 amide bonds. The van der Waals surface area contributed by atoms with Crippen LogP contribution in [0, 0.1) is 6.92 Å². The van der Waals surface area contributed by atoms with Crippen molar-refractivity contribution in [3.8, 4) is 0 Å². The Morgan fingerprint density at radius 3 is 2.76 bits per heavy atom. The van der Waals surface area contributed by atoms with Gasteiger partial charge < -0.3 is 15.2 Å². The maximum atomic E-state index is 12.5. The normalized spacial score (nSPS) is 20.8. The van der Waals surface area contributed by atoms with Gasteiger partial charge in [-0.3, -0.25) is 24.0 Å². The molecule has 1 aromatic heterocycles. The van der Waals surface area contributed by atoms with Gasteiger partial charge in [0.1, 0.15) is 23.7 Å². The lowest BCUT2D eigenvalue weighted by atomic mass is 10.0. The second-order valence-electron chi connectivity index (χ2n) is 6.57. The van der Waals surface area contributed by atoms with Crippen molar-refractivity contribution in [2.45, 2.75) is 38.2 Å². The highest BCUT2D eigenvalue weighted by atomic mass is 35.5. The molecule has 0 spiro atoms. The highest BCUT2D eigenvalue weighted by Gasteiger charge is 2.54. The fraction of sp³-hybridized carbons (Fsp3) is 0.471. The van der Waals surface area contributed by atoms with Gasteiger partial charge in [0, 0.05) is 37.4 Å². The SMILES string of the molecule is CC(=O)OCC1=C(C(=O)O)N2C(=O)[C@@H](NC(=O)CCn3cc(Cl)c(C)n3)[C@H]2SC1. The molecule has 1 saturated heterocycles. The van der Waals surface area contributed by atoms with Crippen LogP contribution in [0.4, 0.5) is 0 Å². The van der Waals surface area contributed by atoms with Crippen molar-refractivity contribution in [3.05, 3.63) is 28.2 Å². The maximum Gasteiger partial charge on any atom is 0.352 e. The Morgan fingerprint density at radius 1 is 1.45 bits per heavy atom. The summed E-state index contributed by atoms with van der Waals surface area (Å²) in [5, 5.41) is 16.3. The van der Waals surface area contributed by atoms with E-state index in [0.29, 0.717) is 22.8 Å². The van der Waals surface area contributed by atoms with Gasteiger partial charge in [0.25, 0.3) is 5.91 Å². The fourth-order valence-electron chi connectivity index (χ4n) is 3.05. The number of thioether (sulfide) groups is 1. The Labute approximate surface area is 175 Å². The van der Waals surface area contributed by atoms with Gasteiger partial charge in [0.05, 0.1) is 10.7 Å². The Hall–Kier alpha value is -2.53. The first-order chi connectivity index (χ1) is 13.7. The van der Waals surface area contributed by atoms with Crippen LogP contribution in [0.5, 0.6) is 0 Å². The van der Waals surface area contributed by atoms with E-state index < -0.39 is 29.3 Å². The Bertz CT molecular complexity index is 894. The van der Waals surface area contributed by atoms with Crippen molar-refractivity contribution < 1.29 is 29.0 Å². The molecule has 12 heteroatoms. The minimum absolute atomic E-state index is 0.0952. The molecule has 0 unspecified atom stereocenters. The highest BCUT2D eigenvalue weighted by Crippen LogP contribution is 2.40. The molecule has 10 nitrogen and oxygen atoms in total. The number of esters is 1. The van der Waals surface area contributed by atoms with Crippen LogP contribution in [-0.2, 0) is 30.5 Å². The summed E-state index contributed by atoms with van der Waals surface area (Å²) in [5.74, 6) is -2.39. The Kier molecular flexibility index (Phi) is 6.18. The molecule has 1 aromatic rings. The van der Waals surface area contributed by atoms with Gasteiger partial charge in [-0.05, 0) is 6.92 Å². The van der Waals surface area contributed by atoms with Gasteiger partial charge in [0.15, 0.2) is 0 Å². The molecule has 1 fully saturated rings. The summed E-state index contributed by atoms with van der Waals surface area (Å²) in [4.78, 5) is 48.5. The van der Waals surface area contributed by atoms with Crippen molar-refractivity contribution in [2.75, 3.05) is 12.4 Å². The monoisotopic (exact) mass is 442 g/mol. The number of halogens is 1. The van der Waals surface area contributed by atoms with Crippen LogP contribution >= 0.6 is 23.4 Å². The van der Waals surface area contributed by atoms with Crippen molar-refractivity contribution in [1.82, 2.24) is 20.0 Å². The summed E-state index contributed by atoms with van der Waals surface area (Å²) >= 11 is 7.24. The number of carboxylic acids is 1. The van der Waals surface area contributed by atoms with Gasteiger partial charge in [0.2, 0.25) is 5.91 Å². The summed E-state index contributed by atoms with van der Waals surface area (Å²) in [7, 11) is 0. The lowest BCUT2D eigenvalue weighted by Gasteiger charge is -2.49. The molecule has 156 valence electrons. The summed E-state index contributed by atoms with van der Waals surface area (Å²) in [6.45, 7) is 3.08. The molecular formula is C17H19ClN4O6S. The number of hydrogen-bond acceptors (Lipinski definition) is 7. The molecule has 0 aliphatic carbocycles. The molecule has 3 rings (SSSR count). The van der Waals surface area contributed by atoms with E-state index in [1.54, 1.807) is 17.8 Å². The summed E-state index contributed by atoms with van der Waals surface area (Å²) < 4.78 is 6.43. The predicted octanol–water partition coefficient (Wildman–Crippen LogP) is 0.537. The molecule has 29 heavy (non-hydrogen) atoms. The van der Waals surface area contributed by atoms with Gasteiger partial charge in [-0.15, -0.1) is 11.8 Å². The van der Waals surface area contributed by atoms with Crippen LogP contribution in [0.1, 0.15) is 19.0 Å². The number of ether oxygens (including phenoxy) is 1. The number of carbonyl (C=O) groups is 4. The zero-order chi connectivity index (χ0) is 21.3. The number of carbonyl (C=O) groups excluding carboxylic acids is 3. The van der Waals surface area contributed by atoms with E-state index in [4.69, 9.17) is 16.3 Å². The zero-order valence-corrected chi connectivity index (χ0v) is 17.2. The largest absolute Gasteiger partial charge is 0.477 e. The van der Waals surface area contributed by atoms with Crippen LogP contribution in [-0.4, -0.2) is 67.3 Å². The third-order valence-electron chi connectivity index (χ3n) is 4.47. The maximum absolute atomic E-state index is 12.5. The summed E-state index contributed by atoms with van der Waals surface area (Å²) in [6, 6.07) is -0.805. The Morgan fingerprint density at radius 2 is 2.17 bits per heavy atom. The molecule has 0 saturated carbocycles. The van der Waals surface area contributed by atoms with Crippen molar-refractivity contribution in [2.24, 2.45) is 0 Å². The van der Waals surface area contributed by atoms with Gasteiger partial charge in [-0.25, -0.2) is 4.79 Å². The van der Waals surface area contributed by atoms with Crippen LogP contribution in [0.2, 0.25) is 5.02 Å². The third kappa shape index (κ3) is 4.40.